The number of rotatable bonds is 6. The summed E-state index contributed by atoms with van der Waals surface area (Å²) < 4.78 is 32.3. The van der Waals surface area contributed by atoms with E-state index >= 15 is 0 Å². The maximum atomic E-state index is 12.7. The number of hydrogen-bond acceptors (Lipinski definition) is 4. The molecule has 0 spiro atoms. The van der Waals surface area contributed by atoms with Gasteiger partial charge in [-0.3, -0.25) is 4.79 Å². The van der Waals surface area contributed by atoms with Gasteiger partial charge in [-0.2, -0.15) is 4.31 Å². The van der Waals surface area contributed by atoms with E-state index in [1.807, 2.05) is 0 Å². The lowest BCUT2D eigenvalue weighted by Gasteiger charge is -2.31. The van der Waals surface area contributed by atoms with Crippen LogP contribution in [0.15, 0.2) is 29.2 Å². The Labute approximate surface area is 159 Å². The van der Waals surface area contributed by atoms with Crippen LogP contribution in [0.1, 0.15) is 12.8 Å². The second-order valence-electron chi connectivity index (χ2n) is 6.73. The second kappa shape index (κ2) is 8.67. The van der Waals surface area contributed by atoms with Crippen LogP contribution >= 0.6 is 11.6 Å². The fourth-order valence-electron chi connectivity index (χ4n) is 3.32. The van der Waals surface area contributed by atoms with E-state index in [-0.39, 0.29) is 16.9 Å². The first-order valence-electron chi connectivity index (χ1n) is 8.93. The van der Waals surface area contributed by atoms with Gasteiger partial charge in [-0.05, 0) is 31.0 Å². The molecule has 144 valence electrons. The number of nitrogens with one attached hydrogen (secondary N) is 2. The zero-order chi connectivity index (χ0) is 18.6. The monoisotopic (exact) mass is 402 g/mol. The smallest absolute Gasteiger partial charge is 0.275 e. The number of nitrogens with zero attached hydrogens (tertiary/aromatic N) is 1. The van der Waals surface area contributed by atoms with Gasteiger partial charge in [0.1, 0.15) is 0 Å². The molecule has 0 bridgehead atoms. The maximum absolute atomic E-state index is 12.7. The lowest BCUT2D eigenvalue weighted by Crippen LogP contribution is -3.15. The van der Waals surface area contributed by atoms with E-state index in [1.54, 1.807) is 18.2 Å². The summed E-state index contributed by atoms with van der Waals surface area (Å²) in [5.74, 6) is -0.0124. The summed E-state index contributed by atoms with van der Waals surface area (Å²) in [6.45, 7) is 3.68. The molecule has 2 aliphatic heterocycles. The van der Waals surface area contributed by atoms with Gasteiger partial charge < -0.3 is 15.0 Å². The van der Waals surface area contributed by atoms with Crippen molar-refractivity contribution in [1.82, 2.24) is 9.62 Å². The Balaban J connectivity index is 1.47. The topological polar surface area (TPSA) is 80.2 Å². The van der Waals surface area contributed by atoms with Crippen molar-refractivity contribution in [2.45, 2.75) is 23.8 Å². The van der Waals surface area contributed by atoms with E-state index in [0.717, 1.165) is 24.3 Å². The zero-order valence-electron chi connectivity index (χ0n) is 14.6. The molecule has 1 aromatic carbocycles. The first-order valence-corrected chi connectivity index (χ1v) is 10.7. The Morgan fingerprint density at radius 3 is 2.77 bits per heavy atom. The van der Waals surface area contributed by atoms with Crippen molar-refractivity contribution in [2.75, 3.05) is 45.9 Å². The second-order valence-corrected chi connectivity index (χ2v) is 9.10. The van der Waals surface area contributed by atoms with Gasteiger partial charge in [0.2, 0.25) is 10.0 Å². The number of piperazine rings is 1. The Hall–Kier alpha value is -1.19. The lowest BCUT2D eigenvalue weighted by atomic mass is 10.2. The first kappa shape index (κ1) is 19.6. The molecule has 0 saturated carbocycles. The number of carbonyl (C=O) groups excluding carboxylic acids is 1. The summed E-state index contributed by atoms with van der Waals surface area (Å²) in [5, 5.41) is 3.32. The van der Waals surface area contributed by atoms with E-state index in [2.05, 4.69) is 5.32 Å². The highest BCUT2D eigenvalue weighted by Gasteiger charge is 2.31. The molecule has 1 atom stereocenters. The largest absolute Gasteiger partial charge is 0.376 e. The van der Waals surface area contributed by atoms with Crippen molar-refractivity contribution in [3.8, 4) is 0 Å². The summed E-state index contributed by atoms with van der Waals surface area (Å²) in [4.78, 5) is 13.4. The third-order valence-corrected chi connectivity index (χ3v) is 6.95. The van der Waals surface area contributed by atoms with Crippen LogP contribution < -0.4 is 10.2 Å². The summed E-state index contributed by atoms with van der Waals surface area (Å²) in [6.07, 6.45) is 2.18. The average molecular weight is 403 g/mol. The van der Waals surface area contributed by atoms with Crippen molar-refractivity contribution >= 4 is 27.5 Å². The maximum Gasteiger partial charge on any atom is 0.275 e. The molecule has 2 N–H and O–H groups in total. The molecule has 3 rings (SSSR count). The van der Waals surface area contributed by atoms with Crippen LogP contribution in [-0.2, 0) is 19.6 Å². The fraction of sp³-hybridized carbons (Fsp3) is 0.588. The average Bonchev–Trinajstić information content (AvgIpc) is 3.14. The zero-order valence-corrected chi connectivity index (χ0v) is 16.2. The molecule has 9 heteroatoms. The number of ether oxygens (including phenoxy) is 1. The molecule has 2 fully saturated rings. The minimum atomic E-state index is -3.54. The van der Waals surface area contributed by atoms with Gasteiger partial charge in [-0.25, -0.2) is 8.42 Å². The van der Waals surface area contributed by atoms with Crippen molar-refractivity contribution in [1.29, 1.82) is 0 Å². The van der Waals surface area contributed by atoms with Crippen LogP contribution in [0, 0.1) is 0 Å². The van der Waals surface area contributed by atoms with E-state index in [1.165, 1.54) is 10.4 Å². The van der Waals surface area contributed by atoms with Gasteiger partial charge in [-0.15, -0.1) is 0 Å². The summed E-state index contributed by atoms with van der Waals surface area (Å²) >= 11 is 5.91. The van der Waals surface area contributed by atoms with Crippen LogP contribution in [0.4, 0.5) is 0 Å². The molecule has 0 aromatic heterocycles. The number of amides is 1. The minimum absolute atomic E-state index is 0.0124. The Morgan fingerprint density at radius 2 is 2.12 bits per heavy atom. The van der Waals surface area contributed by atoms with Gasteiger partial charge in [0.25, 0.3) is 5.91 Å². The molecule has 2 aliphatic rings. The Bertz CT molecular complexity index is 729. The highest BCUT2D eigenvalue weighted by Crippen LogP contribution is 2.19. The van der Waals surface area contributed by atoms with Crippen LogP contribution in [0.2, 0.25) is 5.02 Å². The SMILES string of the molecule is O=C(C[NH+]1CCN(S(=O)(=O)c2cccc(Cl)c2)CC1)NC[C@@H]1CCCO1. The predicted octanol–water partition coefficient (Wildman–Crippen LogP) is -0.476. The van der Waals surface area contributed by atoms with Gasteiger partial charge in [0, 0.05) is 18.2 Å². The Morgan fingerprint density at radius 1 is 1.35 bits per heavy atom. The third-order valence-electron chi connectivity index (χ3n) is 4.82. The number of hydrogen-bond donors (Lipinski definition) is 2. The molecule has 1 aromatic rings. The molecule has 1 amide bonds. The van der Waals surface area contributed by atoms with Crippen LogP contribution in [0.3, 0.4) is 0 Å². The summed E-state index contributed by atoms with van der Waals surface area (Å²) in [6, 6.07) is 6.31. The van der Waals surface area contributed by atoms with Gasteiger partial charge >= 0.3 is 0 Å². The van der Waals surface area contributed by atoms with Gasteiger partial charge in [0.05, 0.1) is 37.2 Å². The summed E-state index contributed by atoms with van der Waals surface area (Å²) in [7, 11) is -3.54. The number of benzene rings is 1. The van der Waals surface area contributed by atoms with E-state index < -0.39 is 10.0 Å². The number of halogens is 1. The standard InChI is InChI=1S/C17H24ClN3O4S/c18-14-3-1-5-16(11-14)26(23,24)21-8-6-20(7-9-21)13-17(22)19-12-15-4-2-10-25-15/h1,3,5,11,15H,2,4,6-10,12-13H2,(H,19,22)/p+1/t15-/m0/s1. The van der Waals surface area contributed by atoms with Gasteiger partial charge in [0.15, 0.2) is 6.54 Å². The third kappa shape index (κ3) is 4.95. The van der Waals surface area contributed by atoms with E-state index in [9.17, 15) is 13.2 Å². The molecule has 0 unspecified atom stereocenters. The molecular weight excluding hydrogens is 378 g/mol. The molecule has 26 heavy (non-hydrogen) atoms. The normalized spacial score (nSPS) is 22.4. The molecule has 2 heterocycles. The highest BCUT2D eigenvalue weighted by molar-refractivity contribution is 7.89. The predicted molar refractivity (Wildman–Crippen MR) is 97.8 cm³/mol. The van der Waals surface area contributed by atoms with Crippen molar-refractivity contribution in [3.63, 3.8) is 0 Å². The van der Waals surface area contributed by atoms with Crippen molar-refractivity contribution in [3.05, 3.63) is 29.3 Å². The Kier molecular flexibility index (Phi) is 6.52. The lowest BCUT2D eigenvalue weighted by molar-refractivity contribution is -0.895. The van der Waals surface area contributed by atoms with Crippen molar-refractivity contribution < 1.29 is 22.8 Å². The summed E-state index contributed by atoms with van der Waals surface area (Å²) in [5.41, 5.74) is 0. The highest BCUT2D eigenvalue weighted by atomic mass is 35.5. The van der Waals surface area contributed by atoms with Gasteiger partial charge in [-0.1, -0.05) is 17.7 Å². The van der Waals surface area contributed by atoms with Crippen LogP contribution in [0.5, 0.6) is 0 Å². The van der Waals surface area contributed by atoms with Crippen LogP contribution in [-0.4, -0.2) is 70.6 Å². The number of carbonyl (C=O) groups is 1. The first-order chi connectivity index (χ1) is 12.4. The van der Waals surface area contributed by atoms with E-state index in [4.69, 9.17) is 16.3 Å². The molecule has 0 radical (unpaired) electrons. The van der Waals surface area contributed by atoms with E-state index in [0.29, 0.717) is 44.3 Å². The van der Waals surface area contributed by atoms with Crippen molar-refractivity contribution in [2.24, 2.45) is 0 Å². The molecule has 2 saturated heterocycles. The fourth-order valence-corrected chi connectivity index (χ4v) is 5.06. The quantitative estimate of drug-likeness (QED) is 0.674. The minimum Gasteiger partial charge on any atom is -0.376 e. The number of sulfonamides is 1. The molecule has 0 aliphatic carbocycles. The number of quaternary nitrogens is 1. The molecule has 7 nitrogen and oxygen atoms in total. The molecular formula is C17H25ClN3O4S+. The van der Waals surface area contributed by atoms with Crippen LogP contribution in [0.25, 0.3) is 0 Å².